The number of rotatable bonds is 5. The van der Waals surface area contributed by atoms with E-state index in [0.717, 1.165) is 10.9 Å². The van der Waals surface area contributed by atoms with Crippen LogP contribution in [0, 0.1) is 5.92 Å². The van der Waals surface area contributed by atoms with Gasteiger partial charge in [-0.3, -0.25) is 14.8 Å². The summed E-state index contributed by atoms with van der Waals surface area (Å²) in [6, 6.07) is 5.64. The van der Waals surface area contributed by atoms with Gasteiger partial charge in [0, 0.05) is 36.7 Å². The maximum Gasteiger partial charge on any atom is 0.390 e. The van der Waals surface area contributed by atoms with Crippen LogP contribution >= 0.6 is 0 Å². The van der Waals surface area contributed by atoms with E-state index in [9.17, 15) is 18.0 Å². The molecule has 3 aromatic rings. The Bertz CT molecular complexity index is 1070. The Hall–Kier alpha value is -3.08. The molecule has 0 spiro atoms. The van der Waals surface area contributed by atoms with Crippen LogP contribution in [0.25, 0.3) is 22.2 Å². The van der Waals surface area contributed by atoms with Crippen molar-refractivity contribution in [3.8, 4) is 11.3 Å². The first-order valence-corrected chi connectivity index (χ1v) is 10.0. The molecule has 1 N–H and O–H groups in total. The minimum Gasteiger partial charge on any atom is -0.303 e. The van der Waals surface area contributed by atoms with Gasteiger partial charge in [-0.05, 0) is 32.0 Å². The van der Waals surface area contributed by atoms with Gasteiger partial charge in [-0.2, -0.15) is 13.2 Å². The molecule has 1 fully saturated rings. The van der Waals surface area contributed by atoms with E-state index >= 15 is 0 Å². The molecule has 8 nitrogen and oxygen atoms in total. The molecule has 1 aromatic carbocycles. The number of likely N-dealkylation sites (tertiary alicyclic amines) is 1. The molecule has 164 valence electrons. The SMILES string of the molecule is Cn1cc(-c2ccc3cnc(NC(=O)C4CCN(CCC(F)(F)F)CC4)nc3c2)nn1. The standard InChI is InChI=1S/C20H22F3N7O/c1-29-12-17(27-28-29)14-2-3-15-11-24-19(25-16(15)10-14)26-18(31)13-4-7-30(8-5-13)9-6-20(21,22)23/h2-3,10-13H,4-9H2,1H3,(H,24,25,26,31). The smallest absolute Gasteiger partial charge is 0.303 e. The lowest BCUT2D eigenvalue weighted by molar-refractivity contribution is -0.139. The largest absolute Gasteiger partial charge is 0.390 e. The van der Waals surface area contributed by atoms with Crippen molar-refractivity contribution in [1.29, 1.82) is 0 Å². The van der Waals surface area contributed by atoms with Gasteiger partial charge in [-0.25, -0.2) is 9.97 Å². The molecule has 2 aromatic heterocycles. The highest BCUT2D eigenvalue weighted by molar-refractivity contribution is 5.92. The molecule has 1 aliphatic heterocycles. The monoisotopic (exact) mass is 433 g/mol. The molecule has 0 saturated carbocycles. The van der Waals surface area contributed by atoms with E-state index in [4.69, 9.17) is 0 Å². The van der Waals surface area contributed by atoms with E-state index in [0.29, 0.717) is 37.1 Å². The normalized spacial score (nSPS) is 16.0. The van der Waals surface area contributed by atoms with Gasteiger partial charge in [0.2, 0.25) is 11.9 Å². The number of hydrogen-bond donors (Lipinski definition) is 1. The minimum atomic E-state index is -4.16. The molecular formula is C20H22F3N7O. The minimum absolute atomic E-state index is 0.0280. The quantitative estimate of drug-likeness (QED) is 0.666. The molecule has 11 heteroatoms. The number of fused-ring (bicyclic) bond motifs is 1. The van der Waals surface area contributed by atoms with Crippen LogP contribution in [-0.2, 0) is 11.8 Å². The summed E-state index contributed by atoms with van der Waals surface area (Å²) in [6.45, 7) is 0.905. The highest BCUT2D eigenvalue weighted by atomic mass is 19.4. The van der Waals surface area contributed by atoms with Gasteiger partial charge in [0.05, 0.1) is 18.1 Å². The Labute approximate surface area is 176 Å². The highest BCUT2D eigenvalue weighted by Crippen LogP contribution is 2.24. The third kappa shape index (κ3) is 5.35. The summed E-state index contributed by atoms with van der Waals surface area (Å²) >= 11 is 0. The molecule has 4 rings (SSSR count). The van der Waals surface area contributed by atoms with Crippen LogP contribution in [0.5, 0.6) is 0 Å². The summed E-state index contributed by atoms with van der Waals surface area (Å²) in [5, 5.41) is 11.6. The highest BCUT2D eigenvalue weighted by Gasteiger charge is 2.30. The van der Waals surface area contributed by atoms with Gasteiger partial charge in [-0.1, -0.05) is 17.3 Å². The second-order valence-corrected chi connectivity index (χ2v) is 7.71. The van der Waals surface area contributed by atoms with Gasteiger partial charge in [0.1, 0.15) is 5.69 Å². The number of aromatic nitrogens is 5. The van der Waals surface area contributed by atoms with Gasteiger partial charge in [0.25, 0.3) is 0 Å². The van der Waals surface area contributed by atoms with Crippen molar-refractivity contribution in [1.82, 2.24) is 29.9 Å². The fraction of sp³-hybridized carbons (Fsp3) is 0.450. The average molecular weight is 433 g/mol. The molecule has 1 amide bonds. The number of aryl methyl sites for hydroxylation is 1. The van der Waals surface area contributed by atoms with Gasteiger partial charge < -0.3 is 4.90 Å². The van der Waals surface area contributed by atoms with E-state index in [-0.39, 0.29) is 24.3 Å². The number of carbonyl (C=O) groups is 1. The summed E-state index contributed by atoms with van der Waals surface area (Å²) in [6.07, 6.45) is -0.535. The summed E-state index contributed by atoms with van der Waals surface area (Å²) in [5.41, 5.74) is 2.23. The first kappa shape index (κ1) is 21.2. The maximum absolute atomic E-state index is 12.6. The van der Waals surface area contributed by atoms with Gasteiger partial charge in [0.15, 0.2) is 0 Å². The number of hydrogen-bond acceptors (Lipinski definition) is 6. The zero-order chi connectivity index (χ0) is 22.0. The van der Waals surface area contributed by atoms with Crippen molar-refractivity contribution in [3.05, 3.63) is 30.6 Å². The molecule has 3 heterocycles. The third-order valence-corrected chi connectivity index (χ3v) is 5.39. The fourth-order valence-corrected chi connectivity index (χ4v) is 3.64. The maximum atomic E-state index is 12.6. The van der Waals surface area contributed by atoms with E-state index in [1.165, 1.54) is 0 Å². The number of benzene rings is 1. The van der Waals surface area contributed by atoms with Crippen LogP contribution in [0.1, 0.15) is 19.3 Å². The van der Waals surface area contributed by atoms with Crippen molar-refractivity contribution in [3.63, 3.8) is 0 Å². The van der Waals surface area contributed by atoms with Crippen LogP contribution in [0.4, 0.5) is 19.1 Å². The lowest BCUT2D eigenvalue weighted by Crippen LogP contribution is -2.39. The summed E-state index contributed by atoms with van der Waals surface area (Å²) in [7, 11) is 1.79. The Morgan fingerprint density at radius 3 is 2.71 bits per heavy atom. The van der Waals surface area contributed by atoms with Gasteiger partial charge >= 0.3 is 6.18 Å². The van der Waals surface area contributed by atoms with Crippen LogP contribution in [-0.4, -0.2) is 61.6 Å². The fourth-order valence-electron chi connectivity index (χ4n) is 3.64. The molecule has 1 aliphatic rings. The second-order valence-electron chi connectivity index (χ2n) is 7.71. The van der Waals surface area contributed by atoms with Crippen molar-refractivity contribution in [2.24, 2.45) is 13.0 Å². The number of carbonyl (C=O) groups excluding carboxylic acids is 1. The zero-order valence-corrected chi connectivity index (χ0v) is 16.9. The van der Waals surface area contributed by atoms with E-state index in [1.54, 1.807) is 29.0 Å². The molecule has 0 atom stereocenters. The molecule has 31 heavy (non-hydrogen) atoms. The summed E-state index contributed by atoms with van der Waals surface area (Å²) in [4.78, 5) is 23.0. The number of amides is 1. The van der Waals surface area contributed by atoms with E-state index in [2.05, 4.69) is 25.6 Å². The lowest BCUT2D eigenvalue weighted by atomic mass is 9.96. The van der Waals surface area contributed by atoms with Crippen molar-refractivity contribution < 1.29 is 18.0 Å². The number of alkyl halides is 3. The predicted molar refractivity (Wildman–Crippen MR) is 108 cm³/mol. The Morgan fingerprint density at radius 1 is 1.26 bits per heavy atom. The summed E-state index contributed by atoms with van der Waals surface area (Å²) in [5.74, 6) is -0.277. The van der Waals surface area contributed by atoms with Crippen LogP contribution in [0.3, 0.4) is 0 Å². The predicted octanol–water partition coefficient (Wildman–Crippen LogP) is 3.03. The summed E-state index contributed by atoms with van der Waals surface area (Å²) < 4.78 is 38.7. The van der Waals surface area contributed by atoms with Crippen LogP contribution in [0.15, 0.2) is 30.6 Å². The number of piperidine rings is 1. The van der Waals surface area contributed by atoms with E-state index < -0.39 is 12.6 Å². The first-order chi connectivity index (χ1) is 14.8. The third-order valence-electron chi connectivity index (χ3n) is 5.39. The van der Waals surface area contributed by atoms with Crippen LogP contribution < -0.4 is 5.32 Å². The van der Waals surface area contributed by atoms with Gasteiger partial charge in [-0.15, -0.1) is 5.10 Å². The van der Waals surface area contributed by atoms with Crippen molar-refractivity contribution in [2.45, 2.75) is 25.4 Å². The lowest BCUT2D eigenvalue weighted by Gasteiger charge is -2.31. The number of anilines is 1. The zero-order valence-electron chi connectivity index (χ0n) is 16.9. The molecule has 0 radical (unpaired) electrons. The molecule has 0 unspecified atom stereocenters. The molecular weight excluding hydrogens is 411 g/mol. The van der Waals surface area contributed by atoms with Crippen LogP contribution in [0.2, 0.25) is 0 Å². The molecule has 0 aliphatic carbocycles. The Morgan fingerprint density at radius 2 is 2.03 bits per heavy atom. The average Bonchev–Trinajstić information content (AvgIpc) is 3.18. The number of nitrogens with one attached hydrogen (secondary N) is 1. The second kappa shape index (κ2) is 8.58. The number of nitrogens with zero attached hydrogens (tertiary/aromatic N) is 6. The van der Waals surface area contributed by atoms with Crippen molar-refractivity contribution >= 4 is 22.8 Å². The Kier molecular flexibility index (Phi) is 5.86. The Balaban J connectivity index is 1.38. The molecule has 0 bridgehead atoms. The molecule has 1 saturated heterocycles. The number of halogens is 3. The van der Waals surface area contributed by atoms with Crippen molar-refractivity contribution in [2.75, 3.05) is 25.0 Å². The topological polar surface area (TPSA) is 88.8 Å². The van der Waals surface area contributed by atoms with E-state index in [1.807, 2.05) is 18.2 Å². The first-order valence-electron chi connectivity index (χ1n) is 10.0.